The Balaban J connectivity index is 1.87. The fourth-order valence-electron chi connectivity index (χ4n) is 1.76. The van der Waals surface area contributed by atoms with Crippen LogP contribution in [-0.4, -0.2) is 45.8 Å². The van der Waals surface area contributed by atoms with Crippen molar-refractivity contribution in [1.82, 2.24) is 14.9 Å². The van der Waals surface area contributed by atoms with Crippen molar-refractivity contribution in [2.75, 3.05) is 37.4 Å². The summed E-state index contributed by atoms with van der Waals surface area (Å²) in [4.78, 5) is 2.17. The maximum absolute atomic E-state index is 12.1. The van der Waals surface area contributed by atoms with Crippen LogP contribution in [0.2, 0.25) is 0 Å². The lowest BCUT2D eigenvalue weighted by Gasteiger charge is -2.13. The van der Waals surface area contributed by atoms with Crippen LogP contribution in [0.4, 0.5) is 11.5 Å². The topological polar surface area (TPSA) is 87.2 Å². The van der Waals surface area contributed by atoms with Gasteiger partial charge in [0.2, 0.25) is 10.0 Å². The van der Waals surface area contributed by atoms with Crippen LogP contribution >= 0.6 is 22.6 Å². The van der Waals surface area contributed by atoms with Gasteiger partial charge in [-0.1, -0.05) is 0 Å². The number of benzene rings is 1. The summed E-state index contributed by atoms with van der Waals surface area (Å²) in [5.41, 5.74) is 0.918. The van der Waals surface area contributed by atoms with E-state index >= 15 is 0 Å². The van der Waals surface area contributed by atoms with Gasteiger partial charge in [-0.15, -0.1) is 5.10 Å². The van der Waals surface area contributed by atoms with E-state index in [0.29, 0.717) is 12.4 Å². The first kappa shape index (κ1) is 17.9. The van der Waals surface area contributed by atoms with Gasteiger partial charge in [0, 0.05) is 36.8 Å². The summed E-state index contributed by atoms with van der Waals surface area (Å²) >= 11 is 2.13. The number of aromatic nitrogens is 2. The zero-order chi connectivity index (χ0) is 16.9. The van der Waals surface area contributed by atoms with Gasteiger partial charge < -0.3 is 10.2 Å². The fourth-order valence-corrected chi connectivity index (χ4v) is 3.15. The Morgan fingerprint density at radius 3 is 2.52 bits per heavy atom. The van der Waals surface area contributed by atoms with Gasteiger partial charge >= 0.3 is 0 Å². The minimum Gasteiger partial charge on any atom is -0.376 e. The van der Waals surface area contributed by atoms with Crippen LogP contribution in [0.1, 0.15) is 0 Å². The number of hydrogen-bond acceptors (Lipinski definition) is 6. The molecule has 0 fully saturated rings. The lowest BCUT2D eigenvalue weighted by molar-refractivity contribution is 0.583. The number of sulfonamides is 1. The van der Waals surface area contributed by atoms with Crippen molar-refractivity contribution in [2.45, 2.75) is 4.90 Å². The van der Waals surface area contributed by atoms with Gasteiger partial charge in [0.1, 0.15) is 0 Å². The summed E-state index contributed by atoms with van der Waals surface area (Å²) in [5, 5.41) is 10.9. The second-order valence-electron chi connectivity index (χ2n) is 4.97. The Morgan fingerprint density at radius 1 is 1.17 bits per heavy atom. The van der Waals surface area contributed by atoms with E-state index in [1.165, 1.54) is 0 Å². The molecule has 0 atom stereocenters. The normalized spacial score (nSPS) is 11.3. The average Bonchev–Trinajstić information content (AvgIpc) is 2.52. The van der Waals surface area contributed by atoms with E-state index in [4.69, 9.17) is 0 Å². The molecule has 0 unspecified atom stereocenters. The zero-order valence-electron chi connectivity index (χ0n) is 12.8. The lowest BCUT2D eigenvalue weighted by atomic mass is 10.4. The summed E-state index contributed by atoms with van der Waals surface area (Å²) in [6.45, 7) is 0.664. The SMILES string of the molecule is CN(C)c1cnnc(NCCNS(=O)(=O)c2ccc(I)cc2)c1. The Bertz CT molecular complexity index is 750. The molecule has 1 aromatic heterocycles. The van der Waals surface area contributed by atoms with E-state index < -0.39 is 10.0 Å². The van der Waals surface area contributed by atoms with Gasteiger partial charge in [0.25, 0.3) is 0 Å². The Hall–Kier alpha value is -1.46. The maximum atomic E-state index is 12.1. The summed E-state index contributed by atoms with van der Waals surface area (Å²) in [7, 11) is 0.335. The molecule has 1 heterocycles. The predicted molar refractivity (Wildman–Crippen MR) is 99.2 cm³/mol. The molecule has 9 heteroatoms. The van der Waals surface area contributed by atoms with Crippen LogP contribution in [0.5, 0.6) is 0 Å². The molecule has 0 radical (unpaired) electrons. The summed E-state index contributed by atoms with van der Waals surface area (Å²) in [6, 6.07) is 8.54. The molecule has 124 valence electrons. The number of nitrogens with zero attached hydrogens (tertiary/aromatic N) is 3. The van der Waals surface area contributed by atoms with Crippen LogP contribution in [0, 0.1) is 3.57 Å². The summed E-state index contributed by atoms with van der Waals surface area (Å²) < 4.78 is 27.8. The van der Waals surface area contributed by atoms with E-state index in [9.17, 15) is 8.42 Å². The van der Waals surface area contributed by atoms with Gasteiger partial charge in [-0.3, -0.25) is 0 Å². The molecule has 0 saturated carbocycles. The van der Waals surface area contributed by atoms with Crippen LogP contribution in [0.15, 0.2) is 41.4 Å². The number of hydrogen-bond donors (Lipinski definition) is 2. The molecule has 7 nitrogen and oxygen atoms in total. The molecule has 2 rings (SSSR count). The predicted octanol–water partition coefficient (Wildman–Crippen LogP) is 1.54. The van der Waals surface area contributed by atoms with Gasteiger partial charge in [0.05, 0.1) is 16.8 Å². The Morgan fingerprint density at radius 2 is 1.87 bits per heavy atom. The van der Waals surface area contributed by atoms with E-state index in [2.05, 4.69) is 42.8 Å². The van der Waals surface area contributed by atoms with Crippen LogP contribution in [0.3, 0.4) is 0 Å². The van der Waals surface area contributed by atoms with Crippen molar-refractivity contribution in [3.05, 3.63) is 40.1 Å². The van der Waals surface area contributed by atoms with Crippen molar-refractivity contribution in [3.63, 3.8) is 0 Å². The number of halogens is 1. The highest BCUT2D eigenvalue weighted by atomic mass is 127. The maximum Gasteiger partial charge on any atom is 0.240 e. The van der Waals surface area contributed by atoms with Crippen LogP contribution in [0.25, 0.3) is 0 Å². The largest absolute Gasteiger partial charge is 0.376 e. The molecule has 0 aliphatic rings. The van der Waals surface area contributed by atoms with Crippen LogP contribution in [-0.2, 0) is 10.0 Å². The van der Waals surface area contributed by atoms with Crippen molar-refractivity contribution in [2.24, 2.45) is 0 Å². The fraction of sp³-hybridized carbons (Fsp3) is 0.286. The summed E-state index contributed by atoms with van der Waals surface area (Å²) in [5.74, 6) is 0.602. The standard InChI is InChI=1S/C14H18IN5O2S/c1-20(2)12-9-14(19-17-10-12)16-7-8-18-23(21,22)13-5-3-11(15)4-6-13/h3-6,9-10,18H,7-8H2,1-2H3,(H,16,19). The van der Waals surface area contributed by atoms with E-state index in [-0.39, 0.29) is 11.4 Å². The van der Waals surface area contributed by atoms with Crippen LogP contribution < -0.4 is 14.9 Å². The smallest absolute Gasteiger partial charge is 0.240 e. The highest BCUT2D eigenvalue weighted by Gasteiger charge is 2.12. The van der Waals surface area contributed by atoms with Gasteiger partial charge in [-0.2, -0.15) is 5.10 Å². The van der Waals surface area contributed by atoms with E-state index in [1.54, 1.807) is 30.5 Å². The highest BCUT2D eigenvalue weighted by Crippen LogP contribution is 2.13. The van der Waals surface area contributed by atoms with Crippen molar-refractivity contribution in [1.29, 1.82) is 0 Å². The molecule has 0 saturated heterocycles. The minimum absolute atomic E-state index is 0.252. The molecule has 23 heavy (non-hydrogen) atoms. The Labute approximate surface area is 149 Å². The van der Waals surface area contributed by atoms with Gasteiger partial charge in [-0.05, 0) is 46.9 Å². The highest BCUT2D eigenvalue weighted by molar-refractivity contribution is 14.1. The third-order valence-corrected chi connectivity index (χ3v) is 5.20. The third kappa shape index (κ3) is 5.29. The summed E-state index contributed by atoms with van der Waals surface area (Å²) in [6.07, 6.45) is 1.66. The van der Waals surface area contributed by atoms with Gasteiger partial charge in [-0.25, -0.2) is 13.1 Å². The molecule has 0 aliphatic carbocycles. The molecule has 2 aromatic rings. The van der Waals surface area contributed by atoms with Crippen molar-refractivity contribution >= 4 is 44.1 Å². The van der Waals surface area contributed by atoms with E-state index in [1.807, 2.05) is 25.1 Å². The van der Waals surface area contributed by atoms with E-state index in [0.717, 1.165) is 9.26 Å². The second kappa shape index (κ2) is 7.88. The molecular weight excluding hydrogens is 429 g/mol. The first-order valence-corrected chi connectivity index (χ1v) is 9.44. The molecular formula is C14H18IN5O2S. The van der Waals surface area contributed by atoms with Gasteiger partial charge in [0.15, 0.2) is 5.82 Å². The zero-order valence-corrected chi connectivity index (χ0v) is 15.8. The molecule has 2 N–H and O–H groups in total. The second-order valence-corrected chi connectivity index (χ2v) is 7.98. The molecule has 0 amide bonds. The quantitative estimate of drug-likeness (QED) is 0.495. The number of rotatable bonds is 7. The molecule has 0 bridgehead atoms. The third-order valence-electron chi connectivity index (χ3n) is 3.00. The average molecular weight is 447 g/mol. The molecule has 0 aliphatic heterocycles. The minimum atomic E-state index is -3.49. The first-order valence-electron chi connectivity index (χ1n) is 6.87. The monoisotopic (exact) mass is 447 g/mol. The molecule has 0 spiro atoms. The lowest BCUT2D eigenvalue weighted by Crippen LogP contribution is -2.29. The molecule has 1 aromatic carbocycles. The van der Waals surface area contributed by atoms with Crippen molar-refractivity contribution in [3.8, 4) is 0 Å². The number of anilines is 2. The van der Waals surface area contributed by atoms with Crippen molar-refractivity contribution < 1.29 is 8.42 Å². The Kier molecular flexibility index (Phi) is 6.13. The first-order chi connectivity index (χ1) is 10.9. The number of nitrogens with one attached hydrogen (secondary N) is 2.